The van der Waals surface area contributed by atoms with Gasteiger partial charge in [0.2, 0.25) is 0 Å². The minimum Gasteiger partial charge on any atom is -0.461 e. The lowest BCUT2D eigenvalue weighted by Crippen LogP contribution is -2.22. The molecule has 0 aliphatic heterocycles. The molecule has 0 unspecified atom stereocenters. The summed E-state index contributed by atoms with van der Waals surface area (Å²) in [4.78, 5) is 0. The Balaban J connectivity index is 2.80. The van der Waals surface area contributed by atoms with Crippen molar-refractivity contribution < 1.29 is 9.52 Å². The van der Waals surface area contributed by atoms with E-state index < -0.39 is 0 Å². The second kappa shape index (κ2) is 3.63. The van der Waals surface area contributed by atoms with Gasteiger partial charge in [0, 0.05) is 10.8 Å². The predicted molar refractivity (Wildman–Crippen MR) is 65.8 cm³/mol. The van der Waals surface area contributed by atoms with Gasteiger partial charge in [0.25, 0.3) is 0 Å². The van der Waals surface area contributed by atoms with Crippen LogP contribution in [0.4, 0.5) is 0 Å². The Bertz CT molecular complexity index is 521. The van der Waals surface area contributed by atoms with Gasteiger partial charge in [-0.3, -0.25) is 0 Å². The molecule has 2 aromatic rings. The van der Waals surface area contributed by atoms with Gasteiger partial charge in [-0.15, -0.1) is 0 Å². The van der Waals surface area contributed by atoms with Crippen LogP contribution in [0.5, 0.6) is 0 Å². The molecule has 1 heterocycles. The van der Waals surface area contributed by atoms with Crippen molar-refractivity contribution in [1.82, 2.24) is 0 Å². The molecule has 0 saturated heterocycles. The first kappa shape index (κ1) is 11.2. The SMILES string of the molecule is Cc1oc2cccc(C(C)(C)CO)c2c1C. The van der Waals surface area contributed by atoms with Crippen LogP contribution in [-0.2, 0) is 5.41 Å². The highest BCUT2D eigenvalue weighted by atomic mass is 16.3. The maximum Gasteiger partial charge on any atom is 0.134 e. The Morgan fingerprint density at radius 3 is 2.56 bits per heavy atom. The third-order valence-electron chi connectivity index (χ3n) is 3.32. The minimum absolute atomic E-state index is 0.135. The summed E-state index contributed by atoms with van der Waals surface area (Å²) in [5.41, 5.74) is 3.00. The van der Waals surface area contributed by atoms with Crippen LogP contribution in [0.25, 0.3) is 11.0 Å². The van der Waals surface area contributed by atoms with Crippen molar-refractivity contribution in [3.63, 3.8) is 0 Å². The Labute approximate surface area is 95.9 Å². The predicted octanol–water partition coefficient (Wildman–Crippen LogP) is 3.32. The van der Waals surface area contributed by atoms with E-state index in [0.717, 1.165) is 22.3 Å². The summed E-state index contributed by atoms with van der Waals surface area (Å²) in [5.74, 6) is 0.955. The maximum atomic E-state index is 9.47. The summed E-state index contributed by atoms with van der Waals surface area (Å²) < 4.78 is 5.70. The van der Waals surface area contributed by atoms with Gasteiger partial charge >= 0.3 is 0 Å². The zero-order valence-corrected chi connectivity index (χ0v) is 10.3. The lowest BCUT2D eigenvalue weighted by Gasteiger charge is -2.23. The molecule has 0 atom stereocenters. The second-order valence-corrected chi connectivity index (χ2v) is 5.00. The molecule has 0 bridgehead atoms. The summed E-state index contributed by atoms with van der Waals surface area (Å²) in [6.45, 7) is 8.27. The molecule has 0 saturated carbocycles. The van der Waals surface area contributed by atoms with Gasteiger partial charge in [-0.25, -0.2) is 0 Å². The normalized spacial score (nSPS) is 12.3. The third kappa shape index (κ3) is 1.54. The Hall–Kier alpha value is -1.28. The molecule has 2 rings (SSSR count). The lowest BCUT2D eigenvalue weighted by molar-refractivity contribution is 0.219. The van der Waals surface area contributed by atoms with Crippen molar-refractivity contribution in [3.8, 4) is 0 Å². The number of furan rings is 1. The molecule has 2 heteroatoms. The molecule has 0 aliphatic carbocycles. The summed E-state index contributed by atoms with van der Waals surface area (Å²) in [6, 6.07) is 6.03. The first-order chi connectivity index (χ1) is 7.47. The fraction of sp³-hybridized carbons (Fsp3) is 0.429. The smallest absolute Gasteiger partial charge is 0.134 e. The summed E-state index contributed by atoms with van der Waals surface area (Å²) in [5, 5.41) is 10.6. The van der Waals surface area contributed by atoms with E-state index in [4.69, 9.17) is 4.42 Å². The topological polar surface area (TPSA) is 33.4 Å². The van der Waals surface area contributed by atoms with Crippen molar-refractivity contribution in [1.29, 1.82) is 0 Å². The molecule has 1 aromatic heterocycles. The minimum atomic E-state index is -0.236. The Kier molecular flexibility index (Phi) is 2.55. The zero-order valence-electron chi connectivity index (χ0n) is 10.3. The van der Waals surface area contributed by atoms with E-state index in [0.29, 0.717) is 0 Å². The van der Waals surface area contributed by atoms with E-state index in [1.807, 2.05) is 32.9 Å². The van der Waals surface area contributed by atoms with E-state index in [-0.39, 0.29) is 12.0 Å². The Morgan fingerprint density at radius 1 is 1.25 bits per heavy atom. The molecule has 0 aliphatic rings. The van der Waals surface area contributed by atoms with Crippen molar-refractivity contribution in [2.24, 2.45) is 0 Å². The zero-order chi connectivity index (χ0) is 11.9. The van der Waals surface area contributed by atoms with Crippen LogP contribution in [0.1, 0.15) is 30.7 Å². The molecular formula is C14H18O2. The van der Waals surface area contributed by atoms with Crippen LogP contribution < -0.4 is 0 Å². The number of aliphatic hydroxyl groups excluding tert-OH is 1. The molecule has 2 nitrogen and oxygen atoms in total. The maximum absolute atomic E-state index is 9.47. The number of aryl methyl sites for hydroxylation is 2. The van der Waals surface area contributed by atoms with E-state index in [9.17, 15) is 5.11 Å². The van der Waals surface area contributed by atoms with Gasteiger partial charge in [-0.2, -0.15) is 0 Å². The average molecular weight is 218 g/mol. The number of fused-ring (bicyclic) bond motifs is 1. The third-order valence-corrected chi connectivity index (χ3v) is 3.32. The van der Waals surface area contributed by atoms with Gasteiger partial charge in [-0.1, -0.05) is 26.0 Å². The molecule has 86 valence electrons. The summed E-state index contributed by atoms with van der Waals surface area (Å²) in [7, 11) is 0. The van der Waals surface area contributed by atoms with Crippen LogP contribution in [-0.4, -0.2) is 11.7 Å². The van der Waals surface area contributed by atoms with E-state index in [1.165, 1.54) is 5.56 Å². The van der Waals surface area contributed by atoms with Crippen LogP contribution in [0.3, 0.4) is 0 Å². The van der Waals surface area contributed by atoms with Crippen LogP contribution in [0, 0.1) is 13.8 Å². The van der Waals surface area contributed by atoms with Gasteiger partial charge < -0.3 is 9.52 Å². The van der Waals surface area contributed by atoms with Crippen molar-refractivity contribution in [2.45, 2.75) is 33.1 Å². The standard InChI is InChI=1S/C14H18O2/c1-9-10(2)16-12-7-5-6-11(13(9)12)14(3,4)8-15/h5-7,15H,8H2,1-4H3. The van der Waals surface area contributed by atoms with Crippen molar-refractivity contribution in [3.05, 3.63) is 35.1 Å². The monoisotopic (exact) mass is 218 g/mol. The molecule has 16 heavy (non-hydrogen) atoms. The molecular weight excluding hydrogens is 200 g/mol. The highest BCUT2D eigenvalue weighted by Crippen LogP contribution is 2.34. The first-order valence-electron chi connectivity index (χ1n) is 5.57. The largest absolute Gasteiger partial charge is 0.461 e. The second-order valence-electron chi connectivity index (χ2n) is 5.00. The molecule has 1 aromatic carbocycles. The number of rotatable bonds is 2. The molecule has 1 N–H and O–H groups in total. The van der Waals surface area contributed by atoms with Crippen LogP contribution >= 0.6 is 0 Å². The highest BCUT2D eigenvalue weighted by molar-refractivity contribution is 5.86. The van der Waals surface area contributed by atoms with Gasteiger partial charge in [0.1, 0.15) is 11.3 Å². The summed E-state index contributed by atoms with van der Waals surface area (Å²) in [6.07, 6.45) is 0. The van der Waals surface area contributed by atoms with Gasteiger partial charge in [0.05, 0.1) is 6.61 Å². The number of hydrogen-bond acceptors (Lipinski definition) is 2. The van der Waals surface area contributed by atoms with E-state index in [1.54, 1.807) is 0 Å². The summed E-state index contributed by atoms with van der Waals surface area (Å²) >= 11 is 0. The molecule has 0 radical (unpaired) electrons. The van der Waals surface area contributed by atoms with Crippen molar-refractivity contribution in [2.75, 3.05) is 6.61 Å². The lowest BCUT2D eigenvalue weighted by atomic mass is 9.83. The van der Waals surface area contributed by atoms with Crippen molar-refractivity contribution >= 4 is 11.0 Å². The first-order valence-corrected chi connectivity index (χ1v) is 5.57. The quantitative estimate of drug-likeness (QED) is 0.838. The van der Waals surface area contributed by atoms with E-state index in [2.05, 4.69) is 13.0 Å². The van der Waals surface area contributed by atoms with Gasteiger partial charge in [0.15, 0.2) is 0 Å². The number of hydrogen-bond donors (Lipinski definition) is 1. The van der Waals surface area contributed by atoms with Gasteiger partial charge in [-0.05, 0) is 31.0 Å². The van der Waals surface area contributed by atoms with Crippen LogP contribution in [0.15, 0.2) is 22.6 Å². The molecule has 0 amide bonds. The Morgan fingerprint density at radius 2 is 1.94 bits per heavy atom. The average Bonchev–Trinajstić information content (AvgIpc) is 2.55. The molecule has 0 fully saturated rings. The van der Waals surface area contributed by atoms with E-state index >= 15 is 0 Å². The fourth-order valence-corrected chi connectivity index (χ4v) is 2.07. The highest BCUT2D eigenvalue weighted by Gasteiger charge is 2.24. The fourth-order valence-electron chi connectivity index (χ4n) is 2.07. The van der Waals surface area contributed by atoms with Crippen LogP contribution in [0.2, 0.25) is 0 Å². The number of aliphatic hydroxyl groups is 1. The molecule has 0 spiro atoms. The number of benzene rings is 1.